The van der Waals surface area contributed by atoms with Gasteiger partial charge in [-0.05, 0) is 49.9 Å². The van der Waals surface area contributed by atoms with Crippen molar-refractivity contribution in [3.8, 4) is 0 Å². The average molecular weight is 246 g/mol. The number of likely N-dealkylation sites (tertiary alicyclic amines) is 1. The van der Waals surface area contributed by atoms with E-state index >= 15 is 0 Å². The molecule has 0 aliphatic carbocycles. The van der Waals surface area contributed by atoms with Crippen molar-refractivity contribution in [3.05, 3.63) is 35.9 Å². The zero-order valence-electron chi connectivity index (χ0n) is 11.7. The smallest absolute Gasteiger partial charge is 0.0371 e. The molecule has 0 spiro atoms. The summed E-state index contributed by atoms with van der Waals surface area (Å²) in [5.41, 5.74) is 7.23. The van der Waals surface area contributed by atoms with E-state index in [1.165, 1.54) is 31.5 Å². The highest BCUT2D eigenvalue weighted by molar-refractivity contribution is 5.19. The van der Waals surface area contributed by atoms with Gasteiger partial charge in [0.2, 0.25) is 0 Å². The van der Waals surface area contributed by atoms with Crippen molar-refractivity contribution in [2.75, 3.05) is 19.6 Å². The fourth-order valence-electron chi connectivity index (χ4n) is 3.13. The van der Waals surface area contributed by atoms with Gasteiger partial charge in [-0.15, -0.1) is 0 Å². The molecule has 0 aromatic heterocycles. The van der Waals surface area contributed by atoms with Crippen LogP contribution in [0, 0.1) is 11.8 Å². The molecule has 1 saturated heterocycles. The van der Waals surface area contributed by atoms with Gasteiger partial charge in [-0.1, -0.05) is 44.2 Å². The van der Waals surface area contributed by atoms with Crippen LogP contribution in [0.4, 0.5) is 0 Å². The summed E-state index contributed by atoms with van der Waals surface area (Å²) in [5, 5.41) is 0. The van der Waals surface area contributed by atoms with Gasteiger partial charge in [-0.25, -0.2) is 0 Å². The Morgan fingerprint density at radius 1 is 1.17 bits per heavy atom. The van der Waals surface area contributed by atoms with E-state index in [1.807, 2.05) is 0 Å². The Kier molecular flexibility index (Phi) is 4.79. The van der Waals surface area contributed by atoms with Gasteiger partial charge in [0, 0.05) is 6.04 Å². The number of nitrogens with two attached hydrogens (primary N) is 1. The second-order valence-corrected chi connectivity index (χ2v) is 5.81. The molecule has 100 valence electrons. The highest BCUT2D eigenvalue weighted by atomic mass is 15.2. The second kappa shape index (κ2) is 6.35. The lowest BCUT2D eigenvalue weighted by molar-refractivity contribution is 0.106. The maximum atomic E-state index is 5.78. The number of hydrogen-bond donors (Lipinski definition) is 1. The molecule has 1 unspecified atom stereocenters. The molecule has 2 N–H and O–H groups in total. The predicted octanol–water partition coefficient (Wildman–Crippen LogP) is 3.05. The summed E-state index contributed by atoms with van der Waals surface area (Å²) in [7, 11) is 0. The minimum absolute atomic E-state index is 0.560. The third kappa shape index (κ3) is 3.12. The first-order valence-corrected chi connectivity index (χ1v) is 7.21. The van der Waals surface area contributed by atoms with Crippen LogP contribution < -0.4 is 5.73 Å². The maximum absolute atomic E-state index is 5.78. The minimum Gasteiger partial charge on any atom is -0.330 e. The summed E-state index contributed by atoms with van der Waals surface area (Å²) in [6.45, 7) is 7.89. The number of hydrogen-bond acceptors (Lipinski definition) is 2. The van der Waals surface area contributed by atoms with E-state index in [1.54, 1.807) is 0 Å². The number of piperidine rings is 1. The predicted molar refractivity (Wildman–Crippen MR) is 77.4 cm³/mol. The van der Waals surface area contributed by atoms with Crippen molar-refractivity contribution in [3.63, 3.8) is 0 Å². The maximum Gasteiger partial charge on any atom is 0.0371 e. The average Bonchev–Trinajstić information content (AvgIpc) is 2.40. The van der Waals surface area contributed by atoms with Crippen LogP contribution in [-0.2, 0) is 0 Å². The van der Waals surface area contributed by atoms with E-state index < -0.39 is 0 Å². The van der Waals surface area contributed by atoms with Crippen molar-refractivity contribution in [2.24, 2.45) is 17.6 Å². The minimum atomic E-state index is 0.560. The quantitative estimate of drug-likeness (QED) is 0.884. The SMILES string of the molecule is CC(C)C(c1ccccc1)N1CCC(CN)CC1. The Bertz CT molecular complexity index is 339. The van der Waals surface area contributed by atoms with Gasteiger partial charge in [0.1, 0.15) is 0 Å². The van der Waals surface area contributed by atoms with E-state index in [9.17, 15) is 0 Å². The van der Waals surface area contributed by atoms with Crippen LogP contribution in [0.25, 0.3) is 0 Å². The molecule has 18 heavy (non-hydrogen) atoms. The summed E-state index contributed by atoms with van der Waals surface area (Å²) >= 11 is 0. The summed E-state index contributed by atoms with van der Waals surface area (Å²) in [6, 6.07) is 11.5. The fourth-order valence-corrected chi connectivity index (χ4v) is 3.13. The van der Waals surface area contributed by atoms with Gasteiger partial charge in [0.05, 0.1) is 0 Å². The van der Waals surface area contributed by atoms with Crippen molar-refractivity contribution >= 4 is 0 Å². The Balaban J connectivity index is 2.08. The highest BCUT2D eigenvalue weighted by Crippen LogP contribution is 2.31. The van der Waals surface area contributed by atoms with Crippen molar-refractivity contribution in [1.29, 1.82) is 0 Å². The summed E-state index contributed by atoms with van der Waals surface area (Å²) in [6.07, 6.45) is 2.51. The molecule has 1 aromatic carbocycles. The number of nitrogens with zero attached hydrogens (tertiary/aromatic N) is 1. The molecule has 1 atom stereocenters. The Morgan fingerprint density at radius 2 is 1.78 bits per heavy atom. The first kappa shape index (κ1) is 13.6. The molecule has 0 amide bonds. The topological polar surface area (TPSA) is 29.3 Å². The molecule has 1 fully saturated rings. The second-order valence-electron chi connectivity index (χ2n) is 5.81. The molecule has 1 aromatic rings. The van der Waals surface area contributed by atoms with Crippen LogP contribution in [0.5, 0.6) is 0 Å². The van der Waals surface area contributed by atoms with Gasteiger partial charge < -0.3 is 5.73 Å². The Morgan fingerprint density at radius 3 is 2.28 bits per heavy atom. The van der Waals surface area contributed by atoms with Crippen molar-refractivity contribution in [1.82, 2.24) is 4.90 Å². The van der Waals surface area contributed by atoms with Crippen LogP contribution in [0.2, 0.25) is 0 Å². The molecule has 1 aliphatic heterocycles. The number of benzene rings is 1. The lowest BCUT2D eigenvalue weighted by Crippen LogP contribution is -2.40. The molecule has 2 heteroatoms. The summed E-state index contributed by atoms with van der Waals surface area (Å²) < 4.78 is 0. The standard InChI is InChI=1S/C16H26N2/c1-13(2)16(15-6-4-3-5-7-15)18-10-8-14(12-17)9-11-18/h3-7,13-14,16H,8-12,17H2,1-2H3. The van der Waals surface area contributed by atoms with Crippen molar-refractivity contribution in [2.45, 2.75) is 32.7 Å². The highest BCUT2D eigenvalue weighted by Gasteiger charge is 2.27. The van der Waals surface area contributed by atoms with Crippen LogP contribution in [0.15, 0.2) is 30.3 Å². The molecular formula is C16H26N2. The van der Waals surface area contributed by atoms with E-state index in [2.05, 4.69) is 49.1 Å². The van der Waals surface area contributed by atoms with Gasteiger partial charge >= 0.3 is 0 Å². The molecule has 2 rings (SSSR count). The van der Waals surface area contributed by atoms with Crippen molar-refractivity contribution < 1.29 is 0 Å². The zero-order chi connectivity index (χ0) is 13.0. The molecule has 0 saturated carbocycles. The van der Waals surface area contributed by atoms with E-state index in [0.717, 1.165) is 12.5 Å². The fraction of sp³-hybridized carbons (Fsp3) is 0.625. The molecule has 0 bridgehead atoms. The van der Waals surface area contributed by atoms with Gasteiger partial charge in [0.25, 0.3) is 0 Å². The summed E-state index contributed by atoms with van der Waals surface area (Å²) in [4.78, 5) is 2.64. The molecule has 2 nitrogen and oxygen atoms in total. The van der Waals surface area contributed by atoms with Gasteiger partial charge in [0.15, 0.2) is 0 Å². The largest absolute Gasteiger partial charge is 0.330 e. The van der Waals surface area contributed by atoms with Gasteiger partial charge in [-0.3, -0.25) is 4.90 Å². The summed E-state index contributed by atoms with van der Waals surface area (Å²) in [5.74, 6) is 1.40. The van der Waals surface area contributed by atoms with Crippen LogP contribution in [0.1, 0.15) is 38.3 Å². The van der Waals surface area contributed by atoms with Crippen LogP contribution in [0.3, 0.4) is 0 Å². The Hall–Kier alpha value is -0.860. The monoisotopic (exact) mass is 246 g/mol. The zero-order valence-corrected chi connectivity index (χ0v) is 11.7. The lowest BCUT2D eigenvalue weighted by atomic mass is 9.90. The Labute approximate surface area is 111 Å². The normalized spacial score (nSPS) is 20.2. The van der Waals surface area contributed by atoms with Crippen LogP contribution in [-0.4, -0.2) is 24.5 Å². The first-order chi connectivity index (χ1) is 8.72. The third-order valence-electron chi connectivity index (χ3n) is 4.15. The molecule has 0 radical (unpaired) electrons. The third-order valence-corrected chi connectivity index (χ3v) is 4.15. The van der Waals surface area contributed by atoms with Crippen LogP contribution >= 0.6 is 0 Å². The van der Waals surface area contributed by atoms with Gasteiger partial charge in [-0.2, -0.15) is 0 Å². The van der Waals surface area contributed by atoms with E-state index in [-0.39, 0.29) is 0 Å². The number of rotatable bonds is 4. The first-order valence-electron chi connectivity index (χ1n) is 7.21. The molecular weight excluding hydrogens is 220 g/mol. The molecule has 1 aliphatic rings. The van der Waals surface area contributed by atoms with E-state index in [0.29, 0.717) is 12.0 Å². The van der Waals surface area contributed by atoms with E-state index in [4.69, 9.17) is 5.73 Å². The lowest BCUT2D eigenvalue weighted by Gasteiger charge is -2.39. The molecule has 1 heterocycles.